The van der Waals surface area contributed by atoms with E-state index in [0.717, 1.165) is 12.1 Å². The lowest BCUT2D eigenvalue weighted by Crippen LogP contribution is -2.34. The first-order chi connectivity index (χ1) is 9.35. The smallest absolute Gasteiger partial charge is 0.414 e. The van der Waals surface area contributed by atoms with Crippen LogP contribution in [0.4, 0.5) is 9.18 Å². The number of carbonyl (C=O) groups is 2. The summed E-state index contributed by atoms with van der Waals surface area (Å²) in [6.45, 7) is 0. The Morgan fingerprint density at radius 3 is 2.45 bits per heavy atom. The Morgan fingerprint density at radius 2 is 1.90 bits per heavy atom. The molecule has 1 aliphatic rings. The number of imide groups is 1. The van der Waals surface area contributed by atoms with Crippen LogP contribution in [0.1, 0.15) is 16.8 Å². The van der Waals surface area contributed by atoms with Gasteiger partial charge in [0.1, 0.15) is 11.9 Å². The highest BCUT2D eigenvalue weighted by atomic mass is 32.2. The van der Waals surface area contributed by atoms with Crippen LogP contribution in [0.15, 0.2) is 24.3 Å². The number of sulfone groups is 1. The predicted molar refractivity (Wildman–Crippen MR) is 67.4 cm³/mol. The molecule has 8 heteroatoms. The van der Waals surface area contributed by atoms with Gasteiger partial charge in [-0.15, -0.1) is 0 Å². The number of ether oxygens (including phenoxy) is 1. The van der Waals surface area contributed by atoms with Crippen LogP contribution in [0.2, 0.25) is 0 Å². The molecule has 1 atom stereocenters. The Hall–Kier alpha value is -1.96. The van der Waals surface area contributed by atoms with Crippen LogP contribution in [0, 0.1) is 5.82 Å². The lowest BCUT2D eigenvalue weighted by Gasteiger charge is -2.10. The summed E-state index contributed by atoms with van der Waals surface area (Å²) in [4.78, 5) is 23.1. The third kappa shape index (κ3) is 3.77. The average Bonchev–Trinajstić information content (AvgIpc) is 2.69. The van der Waals surface area contributed by atoms with Crippen LogP contribution in [-0.2, 0) is 14.6 Å². The van der Waals surface area contributed by atoms with Gasteiger partial charge < -0.3 is 4.74 Å². The topological polar surface area (TPSA) is 89.5 Å². The molecule has 6 nitrogen and oxygen atoms in total. The van der Waals surface area contributed by atoms with Gasteiger partial charge in [-0.05, 0) is 30.7 Å². The van der Waals surface area contributed by atoms with E-state index in [1.807, 2.05) is 5.32 Å². The Morgan fingerprint density at radius 1 is 1.25 bits per heavy atom. The van der Waals surface area contributed by atoms with E-state index in [1.165, 1.54) is 12.1 Å². The molecule has 0 aliphatic carbocycles. The zero-order valence-corrected chi connectivity index (χ0v) is 11.2. The van der Waals surface area contributed by atoms with E-state index in [0.29, 0.717) is 0 Å². The summed E-state index contributed by atoms with van der Waals surface area (Å²) in [7, 11) is -3.16. The number of benzene rings is 1. The summed E-state index contributed by atoms with van der Waals surface area (Å²) >= 11 is 0. The molecule has 1 saturated heterocycles. The lowest BCUT2D eigenvalue weighted by atomic mass is 10.2. The highest BCUT2D eigenvalue weighted by Gasteiger charge is 2.31. The average molecular weight is 301 g/mol. The van der Waals surface area contributed by atoms with Gasteiger partial charge in [0.05, 0.1) is 11.5 Å². The van der Waals surface area contributed by atoms with Crippen molar-refractivity contribution in [3.8, 4) is 0 Å². The van der Waals surface area contributed by atoms with Gasteiger partial charge in [0, 0.05) is 5.56 Å². The highest BCUT2D eigenvalue weighted by Crippen LogP contribution is 2.14. The number of alkyl carbamates (subject to hydrolysis) is 1. The van der Waals surface area contributed by atoms with Crippen LogP contribution in [-0.4, -0.2) is 38.0 Å². The standard InChI is InChI=1S/C12H12FNO5S/c13-9-3-1-8(2-4-9)11(15)14-12(16)19-10-5-6-20(17,18)7-10/h1-4,10H,5-7H2,(H,14,15,16)/t10-/m0/s1. The lowest BCUT2D eigenvalue weighted by molar-refractivity contribution is 0.0863. The first-order valence-electron chi connectivity index (χ1n) is 5.84. The summed E-state index contributed by atoms with van der Waals surface area (Å²) in [5, 5.41) is 1.95. The van der Waals surface area contributed by atoms with Crippen molar-refractivity contribution in [2.45, 2.75) is 12.5 Å². The molecule has 1 aromatic carbocycles. The maximum absolute atomic E-state index is 12.7. The van der Waals surface area contributed by atoms with Crippen LogP contribution in [0.3, 0.4) is 0 Å². The molecule has 1 fully saturated rings. The van der Waals surface area contributed by atoms with Gasteiger partial charge in [-0.25, -0.2) is 17.6 Å². The van der Waals surface area contributed by atoms with Gasteiger partial charge in [0.15, 0.2) is 9.84 Å². The number of amides is 2. The highest BCUT2D eigenvalue weighted by molar-refractivity contribution is 7.91. The minimum absolute atomic E-state index is 0.0309. The molecule has 0 bridgehead atoms. The number of rotatable bonds is 2. The van der Waals surface area contributed by atoms with Gasteiger partial charge in [-0.2, -0.15) is 0 Å². The minimum Gasteiger partial charge on any atom is -0.445 e. The van der Waals surface area contributed by atoms with Gasteiger partial charge in [0.25, 0.3) is 5.91 Å². The van der Waals surface area contributed by atoms with Crippen LogP contribution in [0.25, 0.3) is 0 Å². The molecular weight excluding hydrogens is 289 g/mol. The third-order valence-corrected chi connectivity index (χ3v) is 4.52. The molecule has 20 heavy (non-hydrogen) atoms. The predicted octanol–water partition coefficient (Wildman–Crippen LogP) is 0.879. The zero-order chi connectivity index (χ0) is 14.8. The largest absolute Gasteiger partial charge is 0.445 e. The summed E-state index contributed by atoms with van der Waals surface area (Å²) in [6.07, 6.45) is -1.53. The molecule has 1 heterocycles. The number of carbonyl (C=O) groups excluding carboxylic acids is 2. The van der Waals surface area contributed by atoms with E-state index in [4.69, 9.17) is 4.74 Å². The molecule has 1 N–H and O–H groups in total. The molecule has 0 unspecified atom stereocenters. The third-order valence-electron chi connectivity index (χ3n) is 2.79. The molecule has 108 valence electrons. The molecule has 1 aromatic rings. The fourth-order valence-electron chi connectivity index (χ4n) is 1.80. The fraction of sp³-hybridized carbons (Fsp3) is 0.333. The second-order valence-electron chi connectivity index (χ2n) is 4.39. The molecule has 0 saturated carbocycles. The van der Waals surface area contributed by atoms with Crippen molar-refractivity contribution in [3.05, 3.63) is 35.6 Å². The number of halogens is 1. The van der Waals surface area contributed by atoms with Gasteiger partial charge in [-0.1, -0.05) is 0 Å². The molecule has 1 aliphatic heterocycles. The molecule has 2 rings (SSSR count). The van der Waals surface area contributed by atoms with Crippen molar-refractivity contribution in [2.75, 3.05) is 11.5 Å². The second-order valence-corrected chi connectivity index (χ2v) is 6.62. The van der Waals surface area contributed by atoms with Crippen molar-refractivity contribution in [1.29, 1.82) is 0 Å². The number of hydrogen-bond donors (Lipinski definition) is 1. The Balaban J connectivity index is 1.88. The SMILES string of the molecule is O=C(NC(=O)c1ccc(F)cc1)O[C@H]1CCS(=O)(=O)C1. The van der Waals surface area contributed by atoms with Crippen LogP contribution < -0.4 is 5.32 Å². The molecule has 0 radical (unpaired) electrons. The molecule has 2 amide bonds. The van der Waals surface area contributed by atoms with Crippen molar-refractivity contribution in [1.82, 2.24) is 5.32 Å². The Kier molecular flexibility index (Phi) is 4.03. The minimum atomic E-state index is -3.16. The van der Waals surface area contributed by atoms with Crippen LogP contribution >= 0.6 is 0 Å². The normalized spacial score (nSPS) is 20.4. The van der Waals surface area contributed by atoms with Crippen molar-refractivity contribution in [3.63, 3.8) is 0 Å². The number of hydrogen-bond acceptors (Lipinski definition) is 5. The van der Waals surface area contributed by atoms with Gasteiger partial charge >= 0.3 is 6.09 Å². The van der Waals surface area contributed by atoms with Crippen molar-refractivity contribution in [2.24, 2.45) is 0 Å². The quantitative estimate of drug-likeness (QED) is 0.876. The van der Waals surface area contributed by atoms with Crippen molar-refractivity contribution >= 4 is 21.8 Å². The van der Waals surface area contributed by atoms with E-state index in [9.17, 15) is 22.4 Å². The van der Waals surface area contributed by atoms with E-state index in [-0.39, 0.29) is 23.5 Å². The molecular formula is C12H12FNO5S. The summed E-state index contributed by atoms with van der Waals surface area (Å²) < 4.78 is 39.9. The first-order valence-corrected chi connectivity index (χ1v) is 7.66. The molecule has 0 spiro atoms. The van der Waals surface area contributed by atoms with E-state index >= 15 is 0 Å². The first kappa shape index (κ1) is 14.4. The maximum Gasteiger partial charge on any atom is 0.414 e. The summed E-state index contributed by atoms with van der Waals surface area (Å²) in [6, 6.07) is 4.61. The summed E-state index contributed by atoms with van der Waals surface area (Å²) in [5.41, 5.74) is 0.0994. The van der Waals surface area contributed by atoms with E-state index in [1.54, 1.807) is 0 Å². The monoisotopic (exact) mass is 301 g/mol. The zero-order valence-electron chi connectivity index (χ0n) is 10.3. The number of nitrogens with one attached hydrogen (secondary N) is 1. The molecule has 0 aromatic heterocycles. The van der Waals surface area contributed by atoms with Gasteiger partial charge in [0.2, 0.25) is 0 Å². The van der Waals surface area contributed by atoms with E-state index < -0.39 is 33.8 Å². The van der Waals surface area contributed by atoms with E-state index in [2.05, 4.69) is 0 Å². The van der Waals surface area contributed by atoms with Crippen molar-refractivity contribution < 1.29 is 27.1 Å². The summed E-state index contributed by atoms with van der Waals surface area (Å²) in [5.74, 6) is -1.50. The maximum atomic E-state index is 12.7. The fourth-order valence-corrected chi connectivity index (χ4v) is 3.39. The second kappa shape index (κ2) is 5.58. The van der Waals surface area contributed by atoms with Gasteiger partial charge in [-0.3, -0.25) is 10.1 Å². The Bertz CT molecular complexity index is 626. The Labute approximate surface area is 114 Å². The van der Waals surface area contributed by atoms with Crippen LogP contribution in [0.5, 0.6) is 0 Å².